The summed E-state index contributed by atoms with van der Waals surface area (Å²) in [6.45, 7) is 3.09. The van der Waals surface area contributed by atoms with Gasteiger partial charge in [0.25, 0.3) is 0 Å². The molecule has 0 radical (unpaired) electrons. The number of halogens is 1. The van der Waals surface area contributed by atoms with Crippen molar-refractivity contribution in [3.63, 3.8) is 0 Å². The van der Waals surface area contributed by atoms with Crippen molar-refractivity contribution >= 4 is 10.8 Å². The van der Waals surface area contributed by atoms with E-state index in [-0.39, 0.29) is 12.4 Å². The minimum atomic E-state index is 0. The van der Waals surface area contributed by atoms with Gasteiger partial charge in [0.1, 0.15) is 5.75 Å². The third-order valence-corrected chi connectivity index (χ3v) is 3.72. The summed E-state index contributed by atoms with van der Waals surface area (Å²) in [5.41, 5.74) is 2.72. The Morgan fingerprint density at radius 3 is 2.62 bits per heavy atom. The fraction of sp³-hybridized carbons (Fsp3) is 0.167. The van der Waals surface area contributed by atoms with Crippen LogP contribution in [0.3, 0.4) is 0 Å². The van der Waals surface area contributed by atoms with E-state index in [2.05, 4.69) is 54.2 Å². The maximum absolute atomic E-state index is 9.56. The fourth-order valence-electron chi connectivity index (χ4n) is 2.50. The quantitative estimate of drug-likeness (QED) is 0.695. The molecule has 21 heavy (non-hydrogen) atoms. The molecule has 1 N–H and O–H groups in total. The number of hydrogen-bond donors (Lipinski definition) is 1. The van der Waals surface area contributed by atoms with Crippen LogP contribution in [0, 0.1) is 6.92 Å². The first kappa shape index (κ1) is 15.3. The highest BCUT2D eigenvalue weighted by Gasteiger charge is 2.05. The van der Waals surface area contributed by atoms with Gasteiger partial charge >= 0.3 is 0 Å². The summed E-state index contributed by atoms with van der Waals surface area (Å²) in [5, 5.41) is 11.8. The number of aromatic nitrogens is 1. The second kappa shape index (κ2) is 6.59. The Balaban J connectivity index is 0.00000161. The molecule has 0 amide bonds. The van der Waals surface area contributed by atoms with Gasteiger partial charge < -0.3 is 17.5 Å². The minimum Gasteiger partial charge on any atom is -1.00 e. The lowest BCUT2D eigenvalue weighted by atomic mass is 10.1. The Labute approximate surface area is 131 Å². The van der Waals surface area contributed by atoms with Crippen LogP contribution in [0.2, 0.25) is 0 Å². The first-order valence-corrected chi connectivity index (χ1v) is 6.89. The summed E-state index contributed by atoms with van der Waals surface area (Å²) in [4.78, 5) is 0. The molecular formula is C18H18ClNO. The number of hydrogen-bond acceptors (Lipinski definition) is 1. The zero-order chi connectivity index (χ0) is 13.9. The van der Waals surface area contributed by atoms with Crippen molar-refractivity contribution in [2.75, 3.05) is 0 Å². The summed E-state index contributed by atoms with van der Waals surface area (Å²) in [6, 6.07) is 16.1. The number of phenols is 1. The van der Waals surface area contributed by atoms with Crippen molar-refractivity contribution in [1.82, 2.24) is 0 Å². The Morgan fingerprint density at radius 2 is 1.81 bits per heavy atom. The van der Waals surface area contributed by atoms with Gasteiger partial charge in [-0.25, -0.2) is 4.57 Å². The second-order valence-corrected chi connectivity index (χ2v) is 5.17. The molecule has 0 bridgehead atoms. The van der Waals surface area contributed by atoms with Crippen LogP contribution in [0.15, 0.2) is 60.9 Å². The first-order valence-electron chi connectivity index (χ1n) is 6.89. The normalized spacial score (nSPS) is 10.3. The molecular weight excluding hydrogens is 282 g/mol. The number of phenolic OH excluding ortho intramolecular Hbond substituents is 1. The molecule has 0 spiro atoms. The number of nitrogens with zero attached hydrogens (tertiary/aromatic N) is 1. The van der Waals surface area contributed by atoms with Gasteiger partial charge in [-0.1, -0.05) is 30.3 Å². The largest absolute Gasteiger partial charge is 1.00 e. The summed E-state index contributed by atoms with van der Waals surface area (Å²) < 4.78 is 2.17. The van der Waals surface area contributed by atoms with E-state index >= 15 is 0 Å². The summed E-state index contributed by atoms with van der Waals surface area (Å²) >= 11 is 0. The number of aromatic hydroxyl groups is 1. The SMILES string of the molecule is Cc1ccccc1CC[n+]1ccc2ccc(O)cc2c1.[Cl-]. The van der Waals surface area contributed by atoms with Crippen LogP contribution >= 0.6 is 0 Å². The maximum atomic E-state index is 9.56. The molecule has 2 aromatic carbocycles. The highest BCUT2D eigenvalue weighted by Crippen LogP contribution is 2.17. The first-order chi connectivity index (χ1) is 9.72. The van der Waals surface area contributed by atoms with Crippen LogP contribution in [0.25, 0.3) is 10.8 Å². The van der Waals surface area contributed by atoms with Gasteiger partial charge in [-0.3, -0.25) is 0 Å². The number of fused-ring (bicyclic) bond motifs is 1. The van der Waals surface area contributed by atoms with Gasteiger partial charge in [0, 0.05) is 17.9 Å². The average Bonchev–Trinajstić information content (AvgIpc) is 2.46. The van der Waals surface area contributed by atoms with Gasteiger partial charge in [-0.05, 0) is 35.6 Å². The molecule has 3 rings (SSSR count). The molecule has 0 atom stereocenters. The molecule has 0 aliphatic rings. The average molecular weight is 300 g/mol. The molecule has 3 heteroatoms. The third kappa shape index (κ3) is 3.53. The highest BCUT2D eigenvalue weighted by atomic mass is 35.5. The molecule has 3 aromatic rings. The molecule has 0 aliphatic carbocycles. The highest BCUT2D eigenvalue weighted by molar-refractivity contribution is 5.81. The zero-order valence-corrected chi connectivity index (χ0v) is 12.7. The second-order valence-electron chi connectivity index (χ2n) is 5.17. The monoisotopic (exact) mass is 299 g/mol. The Morgan fingerprint density at radius 1 is 1.00 bits per heavy atom. The third-order valence-electron chi connectivity index (χ3n) is 3.72. The predicted molar refractivity (Wildman–Crippen MR) is 80.7 cm³/mol. The van der Waals surface area contributed by atoms with Gasteiger partial charge in [0.05, 0.1) is 0 Å². The van der Waals surface area contributed by atoms with E-state index in [4.69, 9.17) is 0 Å². The van der Waals surface area contributed by atoms with E-state index in [9.17, 15) is 5.11 Å². The molecule has 0 fully saturated rings. The van der Waals surface area contributed by atoms with Crippen molar-refractivity contribution in [1.29, 1.82) is 0 Å². The van der Waals surface area contributed by atoms with Crippen LogP contribution in [-0.4, -0.2) is 5.11 Å². The predicted octanol–water partition coefficient (Wildman–Crippen LogP) is 0.388. The van der Waals surface area contributed by atoms with Crippen LogP contribution in [-0.2, 0) is 13.0 Å². The van der Waals surface area contributed by atoms with Crippen LogP contribution in [0.4, 0.5) is 0 Å². The van der Waals surface area contributed by atoms with E-state index in [1.165, 1.54) is 11.1 Å². The summed E-state index contributed by atoms with van der Waals surface area (Å²) in [7, 11) is 0. The standard InChI is InChI=1S/C18H17NO.ClH/c1-14-4-2-3-5-15(14)8-10-19-11-9-16-6-7-18(20)12-17(16)13-19;/h2-7,9,11-13H,8,10H2,1H3;1H. The number of aryl methyl sites for hydroxylation is 3. The Bertz CT molecular complexity index is 755. The maximum Gasteiger partial charge on any atom is 0.176 e. The smallest absolute Gasteiger partial charge is 0.176 e. The molecule has 0 saturated carbocycles. The lowest BCUT2D eigenvalue weighted by Crippen LogP contribution is -3.00. The number of pyridine rings is 1. The van der Waals surface area contributed by atoms with E-state index in [1.54, 1.807) is 12.1 Å². The van der Waals surface area contributed by atoms with E-state index in [0.29, 0.717) is 5.75 Å². The summed E-state index contributed by atoms with van der Waals surface area (Å²) in [5.74, 6) is 0.314. The molecule has 1 heterocycles. The van der Waals surface area contributed by atoms with Crippen molar-refractivity contribution in [3.8, 4) is 5.75 Å². The molecule has 0 unspecified atom stereocenters. The Kier molecular flexibility index (Phi) is 4.81. The van der Waals surface area contributed by atoms with Gasteiger partial charge in [-0.15, -0.1) is 0 Å². The molecule has 0 aliphatic heterocycles. The van der Waals surface area contributed by atoms with Crippen molar-refractivity contribution in [3.05, 3.63) is 72.1 Å². The molecule has 1 aromatic heterocycles. The lowest BCUT2D eigenvalue weighted by molar-refractivity contribution is -0.695. The van der Waals surface area contributed by atoms with Gasteiger partial charge in [0.15, 0.2) is 18.9 Å². The molecule has 0 saturated heterocycles. The number of benzene rings is 2. The van der Waals surface area contributed by atoms with Crippen molar-refractivity contribution in [2.24, 2.45) is 0 Å². The molecule has 108 valence electrons. The van der Waals surface area contributed by atoms with Crippen molar-refractivity contribution in [2.45, 2.75) is 19.9 Å². The fourth-order valence-corrected chi connectivity index (χ4v) is 2.50. The topological polar surface area (TPSA) is 24.1 Å². The van der Waals surface area contributed by atoms with Gasteiger partial charge in [0.2, 0.25) is 0 Å². The van der Waals surface area contributed by atoms with Crippen LogP contribution < -0.4 is 17.0 Å². The van der Waals surface area contributed by atoms with Crippen LogP contribution in [0.5, 0.6) is 5.75 Å². The molecule has 2 nitrogen and oxygen atoms in total. The number of rotatable bonds is 3. The Hall–Kier alpha value is -2.06. The van der Waals surface area contributed by atoms with E-state index in [0.717, 1.165) is 23.7 Å². The minimum absolute atomic E-state index is 0. The van der Waals surface area contributed by atoms with Crippen LogP contribution in [0.1, 0.15) is 11.1 Å². The van der Waals surface area contributed by atoms with Crippen molar-refractivity contribution < 1.29 is 22.1 Å². The van der Waals surface area contributed by atoms with Gasteiger partial charge in [-0.2, -0.15) is 0 Å². The summed E-state index contributed by atoms with van der Waals surface area (Å²) in [6.07, 6.45) is 5.20. The lowest BCUT2D eigenvalue weighted by Gasteiger charge is -2.04. The van der Waals surface area contributed by atoms with E-state index in [1.807, 2.05) is 6.07 Å². The van der Waals surface area contributed by atoms with E-state index < -0.39 is 0 Å². The zero-order valence-electron chi connectivity index (χ0n) is 12.0.